The maximum atomic E-state index is 13.5. The van der Waals surface area contributed by atoms with Crippen LogP contribution in [0.4, 0.5) is 0 Å². The van der Waals surface area contributed by atoms with Crippen LogP contribution < -0.4 is 5.56 Å². The van der Waals surface area contributed by atoms with E-state index in [4.69, 9.17) is 4.98 Å². The smallest absolute Gasteiger partial charge is 0.264 e. The molecule has 7 rings (SSSR count). The average Bonchev–Trinajstić information content (AvgIpc) is 3.13. The minimum Gasteiger partial charge on any atom is -0.268 e. The lowest BCUT2D eigenvalue weighted by atomic mass is 9.82. The van der Waals surface area contributed by atoms with Gasteiger partial charge in [-0.25, -0.2) is 4.98 Å². The van der Waals surface area contributed by atoms with Crippen molar-refractivity contribution in [2.75, 3.05) is 0 Å². The van der Waals surface area contributed by atoms with Crippen molar-refractivity contribution in [3.63, 3.8) is 0 Å². The highest BCUT2D eigenvalue weighted by atomic mass is 16.1. The first-order valence-corrected chi connectivity index (χ1v) is 9.51. The largest absolute Gasteiger partial charge is 0.268 e. The Kier molecular flexibility index (Phi) is 2.44. The highest BCUT2D eigenvalue weighted by molar-refractivity contribution is 6.20. The Bertz CT molecular complexity index is 1660. The van der Waals surface area contributed by atoms with Crippen molar-refractivity contribution in [2.24, 2.45) is 0 Å². The molecule has 2 heterocycles. The molecule has 0 saturated heterocycles. The van der Waals surface area contributed by atoms with Gasteiger partial charge in [0.25, 0.3) is 5.56 Å². The number of hydrogen-bond donors (Lipinski definition) is 0. The molecule has 3 nitrogen and oxygen atoms in total. The Morgan fingerprint density at radius 2 is 1.54 bits per heavy atom. The fraction of sp³-hybridized carbons (Fsp3) is 0.0400. The first kappa shape index (κ1) is 14.4. The van der Waals surface area contributed by atoms with Crippen molar-refractivity contribution in [3.8, 4) is 11.1 Å². The van der Waals surface area contributed by atoms with Crippen molar-refractivity contribution >= 4 is 38.2 Å². The van der Waals surface area contributed by atoms with Crippen LogP contribution in [0.5, 0.6) is 0 Å². The lowest BCUT2D eigenvalue weighted by Crippen LogP contribution is -2.14. The van der Waals surface area contributed by atoms with Gasteiger partial charge in [-0.1, -0.05) is 54.6 Å². The quantitative estimate of drug-likeness (QED) is 0.375. The van der Waals surface area contributed by atoms with Gasteiger partial charge in [0, 0.05) is 16.2 Å². The third-order valence-corrected chi connectivity index (χ3v) is 6.17. The zero-order chi connectivity index (χ0) is 18.4. The van der Waals surface area contributed by atoms with Crippen LogP contribution in [0.25, 0.3) is 49.4 Å². The molecule has 0 spiro atoms. The third kappa shape index (κ3) is 1.57. The van der Waals surface area contributed by atoms with E-state index in [1.807, 2.05) is 30.3 Å². The van der Waals surface area contributed by atoms with Crippen molar-refractivity contribution in [1.82, 2.24) is 9.38 Å². The number of rotatable bonds is 0. The van der Waals surface area contributed by atoms with Crippen LogP contribution >= 0.6 is 0 Å². The van der Waals surface area contributed by atoms with Crippen LogP contribution in [-0.2, 0) is 6.42 Å². The maximum Gasteiger partial charge on any atom is 0.264 e. The van der Waals surface area contributed by atoms with Gasteiger partial charge in [-0.2, -0.15) is 0 Å². The molecular formula is C25H14N2O. The number of hydrogen-bond acceptors (Lipinski definition) is 2. The summed E-state index contributed by atoms with van der Waals surface area (Å²) in [4.78, 5) is 18.3. The fourth-order valence-electron chi connectivity index (χ4n) is 4.98. The van der Waals surface area contributed by atoms with Gasteiger partial charge in [-0.15, -0.1) is 0 Å². The van der Waals surface area contributed by atoms with Gasteiger partial charge in [0.15, 0.2) is 0 Å². The fourth-order valence-corrected chi connectivity index (χ4v) is 4.98. The van der Waals surface area contributed by atoms with Gasteiger partial charge in [0.1, 0.15) is 5.65 Å². The molecule has 3 heteroatoms. The second kappa shape index (κ2) is 4.76. The SMILES string of the molecule is O=c1c2ccc3c4c(ccc(c42)c2nc4ccccc4n12)Cc1ccccc1-3. The highest BCUT2D eigenvalue weighted by Gasteiger charge is 2.23. The molecule has 0 unspecified atom stereocenters. The van der Waals surface area contributed by atoms with E-state index in [1.54, 1.807) is 4.40 Å². The molecule has 0 saturated carbocycles. The number of nitrogens with zero attached hydrogens (tertiary/aromatic N) is 2. The van der Waals surface area contributed by atoms with Gasteiger partial charge >= 0.3 is 0 Å². The predicted octanol–water partition coefficient (Wildman–Crippen LogP) is 5.16. The minimum absolute atomic E-state index is 0.0127. The first-order valence-electron chi connectivity index (χ1n) is 9.51. The zero-order valence-corrected chi connectivity index (χ0v) is 14.9. The van der Waals surface area contributed by atoms with Crippen LogP contribution in [0.2, 0.25) is 0 Å². The molecule has 0 bridgehead atoms. The average molecular weight is 358 g/mol. The molecule has 28 heavy (non-hydrogen) atoms. The molecule has 0 aliphatic heterocycles. The van der Waals surface area contributed by atoms with E-state index in [1.165, 1.54) is 27.6 Å². The summed E-state index contributed by atoms with van der Waals surface area (Å²) in [6.07, 6.45) is 0.897. The Labute approximate surface area is 159 Å². The zero-order valence-electron chi connectivity index (χ0n) is 14.9. The van der Waals surface area contributed by atoms with Crippen LogP contribution in [-0.4, -0.2) is 9.38 Å². The van der Waals surface area contributed by atoms with E-state index in [0.717, 1.165) is 39.3 Å². The Morgan fingerprint density at radius 3 is 2.50 bits per heavy atom. The summed E-state index contributed by atoms with van der Waals surface area (Å²) >= 11 is 0. The standard InChI is InChI=1S/C25H14N2O/c28-25-19-12-11-17-16-6-2-1-5-14(16)13-15-9-10-18(23(19)22(15)17)24-26-20-7-3-4-8-21(20)27(24)25/h1-12H,13H2. The third-order valence-electron chi connectivity index (χ3n) is 6.17. The summed E-state index contributed by atoms with van der Waals surface area (Å²) in [5.74, 6) is 0. The Balaban J connectivity index is 1.79. The molecule has 0 radical (unpaired) electrons. The lowest BCUT2D eigenvalue weighted by molar-refractivity contribution is 1.18. The molecule has 6 aromatic rings. The highest BCUT2D eigenvalue weighted by Crippen LogP contribution is 2.42. The first-order chi connectivity index (χ1) is 13.8. The molecule has 0 N–H and O–H groups in total. The van der Waals surface area contributed by atoms with E-state index >= 15 is 0 Å². The van der Waals surface area contributed by atoms with Gasteiger partial charge in [-0.05, 0) is 52.3 Å². The molecule has 130 valence electrons. The normalized spacial score (nSPS) is 13.0. The number of imidazole rings is 1. The van der Waals surface area contributed by atoms with Crippen LogP contribution in [0.15, 0.2) is 77.6 Å². The number of fused-ring (bicyclic) bond motifs is 6. The summed E-state index contributed by atoms with van der Waals surface area (Å²) in [5, 5.41) is 4.08. The molecule has 1 aliphatic rings. The van der Waals surface area contributed by atoms with Crippen LogP contribution in [0.1, 0.15) is 11.1 Å². The van der Waals surface area contributed by atoms with Crippen molar-refractivity contribution in [1.29, 1.82) is 0 Å². The maximum absolute atomic E-state index is 13.5. The van der Waals surface area contributed by atoms with Gasteiger partial charge in [0.05, 0.1) is 11.0 Å². The molecule has 2 aromatic heterocycles. The van der Waals surface area contributed by atoms with Gasteiger partial charge in [0.2, 0.25) is 0 Å². The molecular weight excluding hydrogens is 344 g/mol. The van der Waals surface area contributed by atoms with Crippen molar-refractivity contribution < 1.29 is 0 Å². The van der Waals surface area contributed by atoms with Gasteiger partial charge in [-0.3, -0.25) is 9.20 Å². The van der Waals surface area contributed by atoms with E-state index in [-0.39, 0.29) is 5.56 Å². The van der Waals surface area contributed by atoms with Gasteiger partial charge < -0.3 is 0 Å². The summed E-state index contributed by atoms with van der Waals surface area (Å²) in [7, 11) is 0. The summed E-state index contributed by atoms with van der Waals surface area (Å²) in [6.45, 7) is 0. The lowest BCUT2D eigenvalue weighted by Gasteiger charge is -2.22. The second-order valence-electron chi connectivity index (χ2n) is 7.58. The van der Waals surface area contributed by atoms with Crippen LogP contribution in [0.3, 0.4) is 0 Å². The van der Waals surface area contributed by atoms with Crippen molar-refractivity contribution in [2.45, 2.75) is 6.42 Å². The molecule has 1 aliphatic carbocycles. The van der Waals surface area contributed by atoms with E-state index < -0.39 is 0 Å². The number of para-hydroxylation sites is 2. The molecule has 0 atom stereocenters. The van der Waals surface area contributed by atoms with Crippen molar-refractivity contribution in [3.05, 3.63) is 94.3 Å². The number of benzene rings is 4. The topological polar surface area (TPSA) is 34.4 Å². The Morgan fingerprint density at radius 1 is 0.714 bits per heavy atom. The Hall–Kier alpha value is -3.72. The predicted molar refractivity (Wildman–Crippen MR) is 113 cm³/mol. The van der Waals surface area contributed by atoms with Crippen LogP contribution in [0, 0.1) is 0 Å². The van der Waals surface area contributed by atoms with E-state index in [0.29, 0.717) is 0 Å². The van der Waals surface area contributed by atoms with E-state index in [2.05, 4.69) is 42.5 Å². The minimum atomic E-state index is 0.0127. The molecule has 4 aromatic carbocycles. The summed E-state index contributed by atoms with van der Waals surface area (Å²) in [5.41, 5.74) is 7.60. The monoisotopic (exact) mass is 358 g/mol. The number of aromatic nitrogens is 2. The number of pyridine rings is 1. The summed E-state index contributed by atoms with van der Waals surface area (Å²) < 4.78 is 1.77. The molecule has 0 fully saturated rings. The summed E-state index contributed by atoms with van der Waals surface area (Å²) in [6, 6.07) is 24.9. The van der Waals surface area contributed by atoms with E-state index in [9.17, 15) is 4.79 Å². The second-order valence-corrected chi connectivity index (χ2v) is 7.58. The molecule has 0 amide bonds.